The maximum atomic E-state index is 9.12. The highest BCUT2D eigenvalue weighted by Crippen LogP contribution is 2.45. The van der Waals surface area contributed by atoms with Gasteiger partial charge in [-0.2, -0.15) is 0 Å². The zero-order chi connectivity index (χ0) is 30.2. The molecule has 0 atom stereocenters. The van der Waals surface area contributed by atoms with E-state index in [2.05, 4.69) is 0 Å². The van der Waals surface area contributed by atoms with Gasteiger partial charge in [-0.25, -0.2) is 0 Å². The minimum absolute atomic E-state index is 0.184. The quantitative estimate of drug-likeness (QED) is 0.242. The van der Waals surface area contributed by atoms with Crippen molar-refractivity contribution in [3.8, 4) is 33.4 Å². The van der Waals surface area contributed by atoms with Gasteiger partial charge in [-0.3, -0.25) is 0 Å². The van der Waals surface area contributed by atoms with Crippen molar-refractivity contribution in [2.24, 2.45) is 0 Å². The lowest BCUT2D eigenvalue weighted by atomic mass is 9.85. The standard InChI is InChI=1S/C34H22O/c1-3-11-23(12-4-1)31-22-26(21-25-19-20-35-34(25)31)33-29-17-9-7-15-27(29)32(24-13-5-2-6-14-24)28-16-8-10-18-30(28)33/h1-22H/i7D,8D,9D,10D,15D,16D,17D,18D. The molecule has 7 rings (SSSR count). The van der Waals surface area contributed by atoms with Crippen LogP contribution in [0.15, 0.2) is 138 Å². The van der Waals surface area contributed by atoms with E-state index >= 15 is 0 Å². The molecule has 0 saturated carbocycles. The first-order chi connectivity index (χ1) is 20.7. The zero-order valence-electron chi connectivity index (χ0n) is 26.5. The molecule has 35 heavy (non-hydrogen) atoms. The Balaban J connectivity index is 1.81. The Morgan fingerprint density at radius 1 is 0.514 bits per heavy atom. The summed E-state index contributed by atoms with van der Waals surface area (Å²) in [5.74, 6) is 0. The molecule has 7 aromatic rings. The van der Waals surface area contributed by atoms with E-state index < -0.39 is 24.2 Å². The minimum Gasteiger partial charge on any atom is -0.464 e. The molecular weight excluding hydrogens is 424 g/mol. The van der Waals surface area contributed by atoms with E-state index in [4.69, 9.17) is 15.4 Å². The summed E-state index contributed by atoms with van der Waals surface area (Å²) in [5, 5.41) is 1.50. The molecule has 6 aromatic carbocycles. The monoisotopic (exact) mass is 454 g/mol. The van der Waals surface area contributed by atoms with Gasteiger partial charge in [0.1, 0.15) is 5.58 Å². The first kappa shape index (κ1) is 13.3. The molecule has 1 nitrogen and oxygen atoms in total. The second-order valence-corrected chi connectivity index (χ2v) is 8.34. The minimum atomic E-state index is -0.425. The Morgan fingerprint density at radius 3 is 1.60 bits per heavy atom. The zero-order valence-corrected chi connectivity index (χ0v) is 18.5. The van der Waals surface area contributed by atoms with E-state index in [1.54, 1.807) is 36.6 Å². The highest BCUT2D eigenvalue weighted by atomic mass is 16.3. The molecule has 0 radical (unpaired) electrons. The smallest absolute Gasteiger partial charge is 0.141 e. The molecule has 164 valence electrons. The van der Waals surface area contributed by atoms with E-state index in [-0.39, 0.29) is 45.7 Å². The molecule has 1 heterocycles. The Labute approximate surface area is 215 Å². The van der Waals surface area contributed by atoms with Gasteiger partial charge in [0, 0.05) is 10.9 Å². The van der Waals surface area contributed by atoms with Crippen molar-refractivity contribution < 1.29 is 15.4 Å². The molecular formula is C34H22O. The van der Waals surface area contributed by atoms with Crippen molar-refractivity contribution in [1.29, 1.82) is 0 Å². The fraction of sp³-hybridized carbons (Fsp3) is 0. The lowest BCUT2D eigenvalue weighted by Crippen LogP contribution is -1.91. The van der Waals surface area contributed by atoms with Crippen molar-refractivity contribution in [2.75, 3.05) is 0 Å². The second kappa shape index (κ2) is 8.00. The van der Waals surface area contributed by atoms with E-state index in [0.29, 0.717) is 27.8 Å². The number of rotatable bonds is 3. The molecule has 1 heteroatoms. The number of furan rings is 1. The van der Waals surface area contributed by atoms with Crippen LogP contribution in [0.5, 0.6) is 0 Å². The predicted octanol–water partition coefficient (Wildman–Crippen LogP) is 9.74. The summed E-state index contributed by atoms with van der Waals surface area (Å²) in [4.78, 5) is 0. The van der Waals surface area contributed by atoms with Gasteiger partial charge in [0.2, 0.25) is 0 Å². The third-order valence-electron chi connectivity index (χ3n) is 6.36. The molecule has 0 aliphatic rings. The molecule has 0 amide bonds. The number of hydrogen-bond acceptors (Lipinski definition) is 1. The van der Waals surface area contributed by atoms with Gasteiger partial charge in [0.05, 0.1) is 17.2 Å². The van der Waals surface area contributed by atoms with E-state index in [9.17, 15) is 0 Å². The van der Waals surface area contributed by atoms with Crippen LogP contribution in [0.3, 0.4) is 0 Å². The van der Waals surface area contributed by atoms with Gasteiger partial charge in [-0.1, -0.05) is 109 Å². The SMILES string of the molecule is [2H]c1c([2H])c([2H])c2c(-c3cc(-c4ccccc4)c4occc4c3)c3c([2H])c([2H])c([2H])c([2H])c3c(-c3ccccc3)c2c1[2H]. The van der Waals surface area contributed by atoms with Gasteiger partial charge < -0.3 is 4.42 Å². The Bertz CT molecular complexity index is 2180. The third kappa shape index (κ3) is 3.17. The molecule has 0 aliphatic carbocycles. The fourth-order valence-corrected chi connectivity index (χ4v) is 4.87. The summed E-state index contributed by atoms with van der Waals surface area (Å²) in [7, 11) is 0. The summed E-state index contributed by atoms with van der Waals surface area (Å²) in [6, 6.07) is 21.2. The van der Waals surface area contributed by atoms with Gasteiger partial charge in [-0.05, 0) is 67.6 Å². The highest BCUT2D eigenvalue weighted by Gasteiger charge is 2.18. The van der Waals surface area contributed by atoms with Gasteiger partial charge >= 0.3 is 0 Å². The highest BCUT2D eigenvalue weighted by molar-refractivity contribution is 6.22. The summed E-state index contributed by atoms with van der Waals surface area (Å²) in [6.45, 7) is 0. The summed E-state index contributed by atoms with van der Waals surface area (Å²) in [5.41, 5.74) is 4.00. The summed E-state index contributed by atoms with van der Waals surface area (Å²) >= 11 is 0. The van der Waals surface area contributed by atoms with Crippen LogP contribution < -0.4 is 0 Å². The van der Waals surface area contributed by atoms with Crippen molar-refractivity contribution in [3.05, 3.63) is 133 Å². The van der Waals surface area contributed by atoms with Crippen LogP contribution >= 0.6 is 0 Å². The number of benzene rings is 6. The molecule has 0 unspecified atom stereocenters. The van der Waals surface area contributed by atoms with Gasteiger partial charge in [0.15, 0.2) is 0 Å². The number of hydrogen-bond donors (Lipinski definition) is 0. The van der Waals surface area contributed by atoms with Crippen LogP contribution in [0.4, 0.5) is 0 Å². The Hall–Kier alpha value is -4.62. The third-order valence-corrected chi connectivity index (χ3v) is 6.36. The molecule has 0 aliphatic heterocycles. The maximum absolute atomic E-state index is 9.12. The van der Waals surface area contributed by atoms with Crippen LogP contribution in [0.2, 0.25) is 0 Å². The van der Waals surface area contributed by atoms with Gasteiger partial charge in [0.25, 0.3) is 0 Å². The average Bonchev–Trinajstić information content (AvgIpc) is 3.52. The molecule has 0 N–H and O–H groups in total. The lowest BCUT2D eigenvalue weighted by Gasteiger charge is -2.18. The maximum Gasteiger partial charge on any atom is 0.141 e. The van der Waals surface area contributed by atoms with Crippen molar-refractivity contribution >= 4 is 32.5 Å². The number of fused-ring (bicyclic) bond motifs is 3. The molecule has 0 fully saturated rings. The first-order valence-corrected chi connectivity index (χ1v) is 11.3. The van der Waals surface area contributed by atoms with Crippen LogP contribution in [-0.4, -0.2) is 0 Å². The molecule has 0 saturated heterocycles. The second-order valence-electron chi connectivity index (χ2n) is 8.34. The lowest BCUT2D eigenvalue weighted by molar-refractivity contribution is 0.617. The van der Waals surface area contributed by atoms with Crippen LogP contribution in [0.1, 0.15) is 11.0 Å². The van der Waals surface area contributed by atoms with Crippen LogP contribution in [0.25, 0.3) is 65.9 Å². The Morgan fingerprint density at radius 2 is 1.03 bits per heavy atom. The van der Waals surface area contributed by atoms with Crippen molar-refractivity contribution in [3.63, 3.8) is 0 Å². The summed E-state index contributed by atoms with van der Waals surface area (Å²) in [6.07, 6.45) is 1.58. The largest absolute Gasteiger partial charge is 0.464 e. The van der Waals surface area contributed by atoms with Crippen LogP contribution in [0, 0.1) is 0 Å². The van der Waals surface area contributed by atoms with E-state index in [1.165, 1.54) is 0 Å². The van der Waals surface area contributed by atoms with Gasteiger partial charge in [-0.15, -0.1) is 0 Å². The predicted molar refractivity (Wildman–Crippen MR) is 148 cm³/mol. The van der Waals surface area contributed by atoms with E-state index in [0.717, 1.165) is 16.5 Å². The molecule has 1 aromatic heterocycles. The van der Waals surface area contributed by atoms with E-state index in [1.807, 2.05) is 48.5 Å². The summed E-state index contributed by atoms with van der Waals surface area (Å²) < 4.78 is 76.5. The van der Waals surface area contributed by atoms with Crippen molar-refractivity contribution in [2.45, 2.75) is 0 Å². The molecule has 0 bridgehead atoms. The van der Waals surface area contributed by atoms with Crippen molar-refractivity contribution in [1.82, 2.24) is 0 Å². The van der Waals surface area contributed by atoms with Crippen LogP contribution in [-0.2, 0) is 0 Å². The fourth-order valence-electron chi connectivity index (χ4n) is 4.87. The Kier molecular flexibility index (Phi) is 3.04. The molecule has 0 spiro atoms. The topological polar surface area (TPSA) is 13.1 Å². The first-order valence-electron chi connectivity index (χ1n) is 15.3. The average molecular weight is 455 g/mol. The normalized spacial score (nSPS) is 14.6.